The maximum Gasteiger partial charge on any atom is 0.303 e. The summed E-state index contributed by atoms with van der Waals surface area (Å²) >= 11 is 0. The molecule has 0 radical (unpaired) electrons. The Kier molecular flexibility index (Phi) is 40.2. The predicted octanol–water partition coefficient (Wildman–Crippen LogP) is 16.5. The normalized spacial score (nSPS) is 12.0. The molecule has 0 atom stereocenters. The lowest BCUT2D eigenvalue weighted by Crippen LogP contribution is -2.22. The fourth-order valence-electron chi connectivity index (χ4n) is 7.82. The van der Waals surface area contributed by atoms with Gasteiger partial charge in [-0.25, -0.2) is 0 Å². The maximum absolute atomic E-state index is 10.5. The number of carboxylic acid groups (broad SMARTS) is 2. The fourth-order valence-corrected chi connectivity index (χ4v) is 7.82. The lowest BCUT2D eigenvalue weighted by atomic mass is 10.1. The van der Waals surface area contributed by atoms with Crippen LogP contribution in [0.5, 0.6) is 11.5 Å². The van der Waals surface area contributed by atoms with Gasteiger partial charge < -0.3 is 19.7 Å². The molecule has 0 bridgehead atoms. The first kappa shape index (κ1) is 57.7. The Morgan fingerprint density at radius 2 is 0.762 bits per heavy atom. The van der Waals surface area contributed by atoms with Crippen molar-refractivity contribution in [3.05, 3.63) is 71.9 Å². The lowest BCUT2D eigenvalue weighted by molar-refractivity contribution is -0.138. The summed E-state index contributed by atoms with van der Waals surface area (Å²) in [5.41, 5.74) is 2.40. The number of carboxylic acids is 2. The number of hydrogen-bond acceptors (Lipinski definition) is 5. The molecule has 0 fully saturated rings. The third-order valence-corrected chi connectivity index (χ3v) is 12.0. The van der Waals surface area contributed by atoms with Crippen LogP contribution in [0, 0.1) is 6.92 Å². The highest BCUT2D eigenvalue weighted by Crippen LogP contribution is 2.31. The molecule has 1 aromatic carbocycles. The second-order valence-electron chi connectivity index (χ2n) is 17.7. The van der Waals surface area contributed by atoms with Crippen LogP contribution in [0.2, 0.25) is 0 Å². The van der Waals surface area contributed by atoms with Gasteiger partial charge >= 0.3 is 11.9 Å². The second-order valence-corrected chi connectivity index (χ2v) is 17.7. The van der Waals surface area contributed by atoms with Crippen LogP contribution in [0.4, 0.5) is 0 Å². The number of allylic oxidation sites excluding steroid dienone is 8. The Bertz CT molecular complexity index is 1250. The van der Waals surface area contributed by atoms with E-state index in [2.05, 4.69) is 86.4 Å². The van der Waals surface area contributed by atoms with Gasteiger partial charge in [-0.05, 0) is 128 Å². The minimum atomic E-state index is -0.678. The largest absolute Gasteiger partial charge is 0.493 e. The average molecular weight is 878 g/mol. The van der Waals surface area contributed by atoms with E-state index >= 15 is 0 Å². The van der Waals surface area contributed by atoms with E-state index in [1.165, 1.54) is 121 Å². The summed E-state index contributed by atoms with van der Waals surface area (Å²) in [6.45, 7) is 11.1. The molecule has 0 heterocycles. The van der Waals surface area contributed by atoms with Crippen molar-refractivity contribution in [3.8, 4) is 11.5 Å². The van der Waals surface area contributed by atoms with Crippen LogP contribution in [0.3, 0.4) is 0 Å². The van der Waals surface area contributed by atoms with Crippen molar-refractivity contribution < 1.29 is 29.3 Å². The van der Waals surface area contributed by atoms with E-state index in [-0.39, 0.29) is 0 Å². The molecule has 1 aromatic rings. The lowest BCUT2D eigenvalue weighted by Gasteiger charge is -2.21. The molecule has 0 saturated heterocycles. The Balaban J connectivity index is 2.17. The first-order valence-electron chi connectivity index (χ1n) is 26.0. The first-order valence-corrected chi connectivity index (χ1v) is 26.0. The van der Waals surface area contributed by atoms with Gasteiger partial charge in [0.25, 0.3) is 0 Å². The zero-order chi connectivity index (χ0) is 45.7. The molecule has 7 heteroatoms. The Morgan fingerprint density at radius 3 is 1.08 bits per heavy atom. The standard InChI is InChI=1S/C56H95NO6/c1-4-57(5-2)50-52-48-53(62-46-42-38-34-30-26-22-18-14-10-6-8-12-16-20-24-28-32-36-40-44-55(58)59)51(3)54(49-52)63-47-43-39-35-31-27-23-19-15-11-7-9-13-17-21-25-29-33-37-41-45-56(60)61/h6-7,10-13,16-17,48-49H,4-5,8-9,14-15,18-47,50H2,1-3H3,(H,58,59)(H,60,61)/b10-6-,11-7-,16-12-,17-13-. The molecular formula is C56H95NO6. The van der Waals surface area contributed by atoms with Gasteiger partial charge in [-0.1, -0.05) is 165 Å². The van der Waals surface area contributed by atoms with E-state index in [0.29, 0.717) is 12.8 Å². The minimum Gasteiger partial charge on any atom is -0.493 e. The van der Waals surface area contributed by atoms with Gasteiger partial charge in [0.05, 0.1) is 13.2 Å². The van der Waals surface area contributed by atoms with Crippen molar-refractivity contribution in [2.45, 2.75) is 233 Å². The molecule has 0 spiro atoms. The molecule has 0 aliphatic carbocycles. The van der Waals surface area contributed by atoms with E-state index in [1.807, 2.05) is 0 Å². The summed E-state index contributed by atoms with van der Waals surface area (Å²) in [6, 6.07) is 4.49. The Hall–Kier alpha value is -3.32. The Labute approximate surface area is 387 Å². The summed E-state index contributed by atoms with van der Waals surface area (Å²) in [4.78, 5) is 23.5. The predicted molar refractivity (Wildman–Crippen MR) is 268 cm³/mol. The van der Waals surface area contributed by atoms with Crippen molar-refractivity contribution in [3.63, 3.8) is 0 Å². The number of aliphatic carboxylic acids is 2. The summed E-state index contributed by atoms with van der Waals surface area (Å²) in [7, 11) is 0. The molecule has 0 saturated carbocycles. The quantitative estimate of drug-likeness (QED) is 0.0497. The van der Waals surface area contributed by atoms with Crippen molar-refractivity contribution in [2.24, 2.45) is 0 Å². The minimum absolute atomic E-state index is 0.307. The zero-order valence-electron chi connectivity index (χ0n) is 40.9. The third-order valence-electron chi connectivity index (χ3n) is 12.0. The van der Waals surface area contributed by atoms with Crippen molar-refractivity contribution in [1.29, 1.82) is 0 Å². The SMILES string of the molecule is CCN(CC)Cc1cc(OCCCCCCCCC/C=C\C/C=C\CCCCCCCC(=O)O)c(C)c(OCCCCCCCCC/C=C\C/C=C\CCCCCCCC(=O)O)c1. The van der Waals surface area contributed by atoms with Gasteiger partial charge in [-0.3, -0.25) is 14.5 Å². The van der Waals surface area contributed by atoms with Gasteiger partial charge in [0.15, 0.2) is 0 Å². The number of nitrogens with zero attached hydrogens (tertiary/aromatic N) is 1. The third kappa shape index (κ3) is 37.7. The molecule has 0 amide bonds. The first-order chi connectivity index (χ1) is 30.9. The number of unbranched alkanes of at least 4 members (excludes halogenated alkanes) is 24. The molecule has 1 rings (SSSR count). The van der Waals surface area contributed by atoms with E-state index in [1.54, 1.807) is 0 Å². The van der Waals surface area contributed by atoms with Crippen LogP contribution in [0.25, 0.3) is 0 Å². The van der Waals surface area contributed by atoms with Gasteiger partial charge in [0, 0.05) is 24.9 Å². The number of benzene rings is 1. The average Bonchev–Trinajstić information content (AvgIpc) is 3.27. The highest BCUT2D eigenvalue weighted by molar-refractivity contribution is 5.66. The second kappa shape index (κ2) is 43.9. The molecule has 7 nitrogen and oxygen atoms in total. The van der Waals surface area contributed by atoms with Gasteiger partial charge in [-0.2, -0.15) is 0 Å². The zero-order valence-corrected chi connectivity index (χ0v) is 40.9. The molecule has 0 aliphatic rings. The van der Waals surface area contributed by atoms with E-state index < -0.39 is 11.9 Å². The molecular weight excluding hydrogens is 783 g/mol. The van der Waals surface area contributed by atoms with Crippen LogP contribution >= 0.6 is 0 Å². The fraction of sp³-hybridized carbons (Fsp3) is 0.714. The monoisotopic (exact) mass is 878 g/mol. The molecule has 360 valence electrons. The van der Waals surface area contributed by atoms with E-state index in [4.69, 9.17) is 19.7 Å². The highest BCUT2D eigenvalue weighted by atomic mass is 16.5. The maximum atomic E-state index is 10.5. The molecule has 0 aromatic heterocycles. The topological polar surface area (TPSA) is 96.3 Å². The van der Waals surface area contributed by atoms with Crippen molar-refractivity contribution in [1.82, 2.24) is 4.90 Å². The Morgan fingerprint density at radius 1 is 0.460 bits per heavy atom. The van der Waals surface area contributed by atoms with Gasteiger partial charge in [-0.15, -0.1) is 0 Å². The molecule has 63 heavy (non-hydrogen) atoms. The van der Waals surface area contributed by atoms with E-state index in [9.17, 15) is 9.59 Å². The number of carbonyl (C=O) groups is 2. The smallest absolute Gasteiger partial charge is 0.303 e. The summed E-state index contributed by atoms with van der Waals surface area (Å²) in [6.07, 6.45) is 54.1. The van der Waals surface area contributed by atoms with Crippen molar-refractivity contribution in [2.75, 3.05) is 26.3 Å². The summed E-state index contributed by atoms with van der Waals surface area (Å²) in [5.74, 6) is 0.618. The van der Waals surface area contributed by atoms with Gasteiger partial charge in [0.2, 0.25) is 0 Å². The molecule has 0 unspecified atom stereocenters. The molecule has 2 N–H and O–H groups in total. The van der Waals surface area contributed by atoms with Gasteiger partial charge in [0.1, 0.15) is 11.5 Å². The van der Waals surface area contributed by atoms with E-state index in [0.717, 1.165) is 127 Å². The van der Waals surface area contributed by atoms with Crippen LogP contribution in [-0.4, -0.2) is 53.4 Å². The van der Waals surface area contributed by atoms with Crippen LogP contribution in [0.15, 0.2) is 60.7 Å². The highest BCUT2D eigenvalue weighted by Gasteiger charge is 2.12. The molecule has 0 aliphatic heterocycles. The number of hydrogen-bond donors (Lipinski definition) is 2. The van der Waals surface area contributed by atoms with Crippen LogP contribution in [-0.2, 0) is 16.1 Å². The van der Waals surface area contributed by atoms with Crippen LogP contribution in [0.1, 0.15) is 230 Å². The van der Waals surface area contributed by atoms with Crippen molar-refractivity contribution >= 4 is 11.9 Å². The van der Waals surface area contributed by atoms with Crippen LogP contribution < -0.4 is 9.47 Å². The number of rotatable bonds is 46. The summed E-state index contributed by atoms with van der Waals surface area (Å²) < 4.78 is 12.8. The number of ether oxygens (including phenoxy) is 2. The summed E-state index contributed by atoms with van der Waals surface area (Å²) in [5, 5.41) is 17.4.